The highest BCUT2D eigenvalue weighted by molar-refractivity contribution is 7.10. The molecular formula is C24H21N7O3S. The van der Waals surface area contributed by atoms with E-state index in [-0.39, 0.29) is 24.1 Å². The van der Waals surface area contributed by atoms with Crippen molar-refractivity contribution in [1.29, 1.82) is 0 Å². The number of nitrogens with one attached hydrogen (secondary N) is 1. The fourth-order valence-electron chi connectivity index (χ4n) is 4.19. The zero-order chi connectivity index (χ0) is 23.6. The standard InChI is InChI=1S/C24H21N7O3S/c32-18-14-16-8-4-5-9-17(16)19(15-6-2-1-3-7-15)25-21(18)26-24-29-28-22(34-24)20-23(35-30-27-20)31-10-12-33-13-11-31/h1-9,21H,10-14H2,(H,26,29)/t21-/m1/s1. The first-order chi connectivity index (χ1) is 17.3. The zero-order valence-electron chi connectivity index (χ0n) is 18.6. The molecule has 6 rings (SSSR count). The van der Waals surface area contributed by atoms with E-state index in [4.69, 9.17) is 14.1 Å². The molecule has 0 amide bonds. The van der Waals surface area contributed by atoms with Gasteiger partial charge in [0.15, 0.2) is 17.6 Å². The van der Waals surface area contributed by atoms with Crippen molar-refractivity contribution in [3.63, 3.8) is 0 Å². The Hall–Kier alpha value is -3.96. The number of carbonyl (C=O) groups is 1. The van der Waals surface area contributed by atoms with Crippen LogP contribution in [-0.2, 0) is 16.0 Å². The number of aromatic nitrogens is 4. The minimum Gasteiger partial charge on any atom is -0.401 e. The smallest absolute Gasteiger partial charge is 0.317 e. The van der Waals surface area contributed by atoms with Crippen molar-refractivity contribution in [3.05, 3.63) is 71.3 Å². The molecule has 2 aromatic heterocycles. The number of fused-ring (bicyclic) bond motifs is 1. The van der Waals surface area contributed by atoms with E-state index < -0.39 is 6.17 Å². The van der Waals surface area contributed by atoms with Crippen molar-refractivity contribution in [3.8, 4) is 11.6 Å². The largest absolute Gasteiger partial charge is 0.401 e. The van der Waals surface area contributed by atoms with Crippen LogP contribution in [0.15, 0.2) is 64.0 Å². The molecule has 4 heterocycles. The predicted molar refractivity (Wildman–Crippen MR) is 131 cm³/mol. The van der Waals surface area contributed by atoms with Gasteiger partial charge < -0.3 is 19.4 Å². The fraction of sp³-hybridized carbons (Fsp3) is 0.250. The Kier molecular flexibility index (Phi) is 5.76. The van der Waals surface area contributed by atoms with E-state index >= 15 is 0 Å². The molecule has 2 aromatic carbocycles. The van der Waals surface area contributed by atoms with Crippen molar-refractivity contribution in [1.82, 2.24) is 19.8 Å². The Morgan fingerprint density at radius 1 is 0.971 bits per heavy atom. The van der Waals surface area contributed by atoms with Crippen molar-refractivity contribution in [2.45, 2.75) is 12.6 Å². The number of rotatable bonds is 5. The average molecular weight is 488 g/mol. The monoisotopic (exact) mass is 487 g/mol. The normalized spacial score (nSPS) is 18.1. The van der Waals surface area contributed by atoms with E-state index in [1.165, 1.54) is 11.5 Å². The Labute approximate surface area is 204 Å². The molecule has 0 spiro atoms. The summed E-state index contributed by atoms with van der Waals surface area (Å²) in [4.78, 5) is 20.1. The van der Waals surface area contributed by atoms with Gasteiger partial charge in [-0.3, -0.25) is 9.79 Å². The van der Waals surface area contributed by atoms with E-state index in [1.807, 2.05) is 54.6 Å². The summed E-state index contributed by atoms with van der Waals surface area (Å²) < 4.78 is 15.4. The summed E-state index contributed by atoms with van der Waals surface area (Å²) in [6.07, 6.45) is -0.635. The molecule has 0 radical (unpaired) electrons. The molecule has 11 heteroatoms. The summed E-state index contributed by atoms with van der Waals surface area (Å²) >= 11 is 1.27. The van der Waals surface area contributed by atoms with Crippen LogP contribution >= 0.6 is 11.5 Å². The lowest BCUT2D eigenvalue weighted by Crippen LogP contribution is -2.35. The number of ether oxygens (including phenoxy) is 1. The summed E-state index contributed by atoms with van der Waals surface area (Å²) in [6, 6.07) is 17.8. The second-order valence-corrected chi connectivity index (χ2v) is 8.86. The molecule has 1 atom stereocenters. The average Bonchev–Trinajstić information content (AvgIpc) is 3.55. The Morgan fingerprint density at radius 2 is 1.77 bits per heavy atom. The van der Waals surface area contributed by atoms with Gasteiger partial charge in [0.1, 0.15) is 5.00 Å². The molecule has 35 heavy (non-hydrogen) atoms. The summed E-state index contributed by atoms with van der Waals surface area (Å²) in [5, 5.41) is 16.3. The molecule has 176 valence electrons. The molecule has 4 aromatic rings. The van der Waals surface area contributed by atoms with Crippen LogP contribution in [0.4, 0.5) is 11.0 Å². The molecule has 0 aliphatic carbocycles. The first kappa shape index (κ1) is 21.6. The van der Waals surface area contributed by atoms with Gasteiger partial charge >= 0.3 is 6.01 Å². The van der Waals surface area contributed by atoms with Crippen LogP contribution in [0.1, 0.15) is 16.7 Å². The van der Waals surface area contributed by atoms with Crippen molar-refractivity contribution in [2.24, 2.45) is 4.99 Å². The molecular weight excluding hydrogens is 466 g/mol. The Morgan fingerprint density at radius 3 is 2.63 bits per heavy atom. The number of hydrogen-bond acceptors (Lipinski definition) is 11. The minimum atomic E-state index is -0.877. The molecule has 1 fully saturated rings. The molecule has 0 unspecified atom stereocenters. The van der Waals surface area contributed by atoms with Crippen molar-refractivity contribution in [2.75, 3.05) is 36.5 Å². The van der Waals surface area contributed by atoms with Gasteiger partial charge in [0.05, 0.1) is 18.9 Å². The van der Waals surface area contributed by atoms with Crippen LogP contribution in [0.5, 0.6) is 0 Å². The van der Waals surface area contributed by atoms with Gasteiger partial charge in [0.2, 0.25) is 0 Å². The second kappa shape index (κ2) is 9.35. The molecule has 0 bridgehead atoms. The SMILES string of the molecule is O=C1Cc2ccccc2C(c2ccccc2)=N[C@@H]1Nc1nnc(-c2nnsc2N2CCOCC2)o1. The molecule has 1 N–H and O–H groups in total. The highest BCUT2D eigenvalue weighted by atomic mass is 32.1. The van der Waals surface area contributed by atoms with Gasteiger partial charge in [-0.1, -0.05) is 64.2 Å². The summed E-state index contributed by atoms with van der Waals surface area (Å²) in [5.41, 5.74) is 4.05. The number of ketones is 1. The van der Waals surface area contributed by atoms with E-state index in [1.54, 1.807) is 0 Å². The maximum Gasteiger partial charge on any atom is 0.317 e. The predicted octanol–water partition coefficient (Wildman–Crippen LogP) is 2.83. The van der Waals surface area contributed by atoms with Crippen molar-refractivity contribution >= 4 is 34.0 Å². The van der Waals surface area contributed by atoms with Gasteiger partial charge in [-0.15, -0.1) is 10.2 Å². The highest BCUT2D eigenvalue weighted by Crippen LogP contribution is 2.32. The third-order valence-electron chi connectivity index (χ3n) is 5.90. The van der Waals surface area contributed by atoms with Crippen LogP contribution in [0, 0.1) is 0 Å². The number of morpholine rings is 1. The minimum absolute atomic E-state index is 0.0903. The van der Waals surface area contributed by atoms with E-state index in [0.29, 0.717) is 18.9 Å². The van der Waals surface area contributed by atoms with Gasteiger partial charge in [-0.25, -0.2) is 0 Å². The Bertz CT molecular complexity index is 1380. The molecule has 0 saturated carbocycles. The molecule has 10 nitrogen and oxygen atoms in total. The number of carbonyl (C=O) groups excluding carboxylic acids is 1. The third kappa shape index (κ3) is 4.31. The van der Waals surface area contributed by atoms with Crippen LogP contribution in [0.25, 0.3) is 11.6 Å². The lowest BCUT2D eigenvalue weighted by Gasteiger charge is -2.26. The lowest BCUT2D eigenvalue weighted by atomic mass is 9.96. The molecule has 2 aliphatic rings. The number of anilines is 2. The van der Waals surface area contributed by atoms with Gasteiger partial charge in [-0.05, 0) is 5.56 Å². The van der Waals surface area contributed by atoms with Crippen LogP contribution in [-0.4, -0.2) is 63.7 Å². The van der Waals surface area contributed by atoms with Gasteiger partial charge in [0, 0.05) is 42.2 Å². The number of aliphatic imine (C=N–C) groups is 1. The van der Waals surface area contributed by atoms with Crippen LogP contribution in [0.2, 0.25) is 0 Å². The van der Waals surface area contributed by atoms with Crippen LogP contribution in [0.3, 0.4) is 0 Å². The van der Waals surface area contributed by atoms with Crippen molar-refractivity contribution < 1.29 is 13.9 Å². The first-order valence-electron chi connectivity index (χ1n) is 11.3. The summed E-state index contributed by atoms with van der Waals surface area (Å²) in [7, 11) is 0. The fourth-order valence-corrected chi connectivity index (χ4v) is 4.90. The lowest BCUT2D eigenvalue weighted by molar-refractivity contribution is -0.119. The second-order valence-electron chi connectivity index (χ2n) is 8.13. The summed E-state index contributed by atoms with van der Waals surface area (Å²) in [5.74, 6) is 0.145. The van der Waals surface area contributed by atoms with Crippen LogP contribution < -0.4 is 10.2 Å². The quantitative estimate of drug-likeness (QED) is 0.453. The molecule has 1 saturated heterocycles. The first-order valence-corrected chi connectivity index (χ1v) is 12.0. The Balaban J connectivity index is 1.30. The van der Waals surface area contributed by atoms with Gasteiger partial charge in [-0.2, -0.15) is 0 Å². The number of hydrogen-bond donors (Lipinski definition) is 1. The maximum absolute atomic E-state index is 13.2. The summed E-state index contributed by atoms with van der Waals surface area (Å²) in [6.45, 7) is 2.76. The number of nitrogens with zero attached hydrogens (tertiary/aromatic N) is 6. The third-order valence-corrected chi connectivity index (χ3v) is 6.69. The molecule has 2 aliphatic heterocycles. The van der Waals surface area contributed by atoms with E-state index in [2.05, 4.69) is 30.0 Å². The van der Waals surface area contributed by atoms with Gasteiger partial charge in [0.25, 0.3) is 5.89 Å². The topological polar surface area (TPSA) is 119 Å². The maximum atomic E-state index is 13.2. The van der Waals surface area contributed by atoms with E-state index in [9.17, 15) is 4.79 Å². The number of Topliss-reactive ketones (excluding diaryl/α,β-unsaturated/α-hetero) is 1. The highest BCUT2D eigenvalue weighted by Gasteiger charge is 2.28. The number of benzene rings is 2. The van der Waals surface area contributed by atoms with E-state index in [0.717, 1.165) is 40.5 Å². The zero-order valence-corrected chi connectivity index (χ0v) is 19.4.